The summed E-state index contributed by atoms with van der Waals surface area (Å²) >= 11 is 0. The van der Waals surface area contributed by atoms with Crippen molar-refractivity contribution in [1.29, 1.82) is 0 Å². The summed E-state index contributed by atoms with van der Waals surface area (Å²) in [5.41, 5.74) is 0. The summed E-state index contributed by atoms with van der Waals surface area (Å²) in [6.45, 7) is 7.58. The SMILES string of the molecule is C[Si](C)([c-]1cccc1)N1CCCC1.[F-].[F-].[Hf+4].c1cc[cH-]c1. The summed E-state index contributed by atoms with van der Waals surface area (Å²) in [6.07, 6.45) is 2.80. The van der Waals surface area contributed by atoms with E-state index in [1.54, 1.807) is 5.19 Å². The molecule has 0 spiro atoms. The summed E-state index contributed by atoms with van der Waals surface area (Å²) in [4.78, 5) is 0. The van der Waals surface area contributed by atoms with Crippen molar-refractivity contribution in [3.05, 3.63) is 54.6 Å². The molecule has 3 rings (SSSR count). The first-order valence-electron chi connectivity index (χ1n) is 6.85. The topological polar surface area (TPSA) is 3.24 Å². The maximum absolute atomic E-state index is 2.72. The first-order chi connectivity index (χ1) is 8.71. The predicted molar refractivity (Wildman–Crippen MR) is 82.0 cm³/mol. The largest absolute Gasteiger partial charge is 4.00 e. The Kier molecular flexibility index (Phi) is 12.2. The van der Waals surface area contributed by atoms with Gasteiger partial charge in [0.05, 0.1) is 8.24 Å². The van der Waals surface area contributed by atoms with Gasteiger partial charge in [0.2, 0.25) is 0 Å². The van der Waals surface area contributed by atoms with Crippen LogP contribution in [0.2, 0.25) is 13.1 Å². The van der Waals surface area contributed by atoms with Crippen molar-refractivity contribution < 1.29 is 35.3 Å². The van der Waals surface area contributed by atoms with E-state index in [0.29, 0.717) is 0 Å². The molecule has 5 heteroatoms. The van der Waals surface area contributed by atoms with Crippen molar-refractivity contribution in [2.24, 2.45) is 0 Å². The fourth-order valence-electron chi connectivity index (χ4n) is 2.56. The summed E-state index contributed by atoms with van der Waals surface area (Å²) in [6, 6.07) is 18.9. The molecule has 1 heterocycles. The molecule has 21 heavy (non-hydrogen) atoms. The smallest absolute Gasteiger partial charge is 1.00 e. The first kappa shape index (κ1) is 22.9. The number of nitrogens with zero attached hydrogens (tertiary/aromatic N) is 1. The Morgan fingerprint density at radius 2 is 1.38 bits per heavy atom. The van der Waals surface area contributed by atoms with Crippen LogP contribution in [-0.4, -0.2) is 25.9 Å². The molecule has 114 valence electrons. The minimum Gasteiger partial charge on any atom is -1.00 e. The van der Waals surface area contributed by atoms with Gasteiger partial charge in [-0.25, -0.2) is 24.3 Å². The van der Waals surface area contributed by atoms with Crippen molar-refractivity contribution >= 4 is 13.4 Å². The molecular weight excluding hydrogens is 451 g/mol. The molecule has 1 aliphatic rings. The summed E-state index contributed by atoms with van der Waals surface area (Å²) in [7, 11) is -1.26. The minimum absolute atomic E-state index is 0. The molecule has 0 saturated carbocycles. The van der Waals surface area contributed by atoms with Crippen molar-refractivity contribution in [3.8, 4) is 0 Å². The van der Waals surface area contributed by atoms with Gasteiger partial charge in [0.25, 0.3) is 0 Å². The molecule has 0 bridgehead atoms. The summed E-state index contributed by atoms with van der Waals surface area (Å²) < 4.78 is 2.72. The molecule has 0 aromatic heterocycles. The molecule has 2 aromatic carbocycles. The van der Waals surface area contributed by atoms with Gasteiger partial charge in [-0.1, -0.05) is 13.1 Å². The molecule has 0 radical (unpaired) electrons. The van der Waals surface area contributed by atoms with E-state index in [1.165, 1.54) is 25.9 Å². The molecule has 1 aliphatic heterocycles. The van der Waals surface area contributed by atoms with Crippen LogP contribution in [0.1, 0.15) is 12.8 Å². The quantitative estimate of drug-likeness (QED) is 0.340. The van der Waals surface area contributed by atoms with Gasteiger partial charge >= 0.3 is 25.8 Å². The first-order valence-corrected chi connectivity index (χ1v) is 9.80. The maximum Gasteiger partial charge on any atom is 4.00 e. The van der Waals surface area contributed by atoms with Crippen LogP contribution in [-0.2, 0) is 25.8 Å². The van der Waals surface area contributed by atoms with E-state index < -0.39 is 8.24 Å². The zero-order valence-corrected chi connectivity index (χ0v) is 17.3. The van der Waals surface area contributed by atoms with Gasteiger partial charge < -0.3 is 14.0 Å². The molecule has 1 fully saturated rings. The molecule has 2 aromatic rings. The summed E-state index contributed by atoms with van der Waals surface area (Å²) in [5, 5.41) is 1.59. The molecule has 0 atom stereocenters. The Hall–Kier alpha value is -0.393. The maximum atomic E-state index is 2.72. The van der Waals surface area contributed by atoms with Crippen LogP contribution in [0.15, 0.2) is 54.6 Å². The van der Waals surface area contributed by atoms with Gasteiger partial charge in [0.15, 0.2) is 0 Å². The third kappa shape index (κ3) is 6.49. The number of halogens is 2. The Bertz CT molecular complexity index is 406. The second-order valence-corrected chi connectivity index (χ2v) is 9.72. The fraction of sp³-hybridized carbons (Fsp3) is 0.375. The van der Waals surface area contributed by atoms with Crippen LogP contribution in [0.25, 0.3) is 0 Å². The van der Waals surface area contributed by atoms with Crippen LogP contribution < -0.4 is 14.6 Å². The van der Waals surface area contributed by atoms with Crippen LogP contribution in [0.5, 0.6) is 0 Å². The summed E-state index contributed by atoms with van der Waals surface area (Å²) in [5.74, 6) is 0. The minimum atomic E-state index is -1.26. The number of hydrogen-bond acceptors (Lipinski definition) is 1. The van der Waals surface area contributed by atoms with E-state index in [2.05, 4.69) is 41.9 Å². The monoisotopic (exact) mass is 475 g/mol. The normalized spacial score (nSPS) is 14.0. The van der Waals surface area contributed by atoms with Gasteiger partial charge in [-0.2, -0.15) is 30.3 Å². The van der Waals surface area contributed by atoms with Crippen molar-refractivity contribution in [2.45, 2.75) is 25.9 Å². The van der Waals surface area contributed by atoms with Crippen LogP contribution >= 0.6 is 0 Å². The molecule has 0 aliphatic carbocycles. The van der Waals surface area contributed by atoms with E-state index in [-0.39, 0.29) is 35.3 Å². The van der Waals surface area contributed by atoms with E-state index in [4.69, 9.17) is 0 Å². The Morgan fingerprint density at radius 1 is 0.905 bits per heavy atom. The Labute approximate surface area is 146 Å². The van der Waals surface area contributed by atoms with E-state index >= 15 is 0 Å². The van der Waals surface area contributed by atoms with Gasteiger partial charge in [0, 0.05) is 0 Å². The number of rotatable bonds is 2. The van der Waals surface area contributed by atoms with Crippen LogP contribution in [0.4, 0.5) is 0 Å². The van der Waals surface area contributed by atoms with Crippen molar-refractivity contribution in [2.75, 3.05) is 13.1 Å². The number of hydrogen-bond donors (Lipinski definition) is 0. The molecule has 0 unspecified atom stereocenters. The molecule has 1 nitrogen and oxygen atoms in total. The van der Waals surface area contributed by atoms with Crippen molar-refractivity contribution in [1.82, 2.24) is 4.57 Å². The molecule has 0 amide bonds. The van der Waals surface area contributed by atoms with Gasteiger partial charge in [-0.05, 0) is 25.9 Å². The second kappa shape index (κ2) is 11.2. The average molecular weight is 474 g/mol. The zero-order chi connectivity index (χ0) is 12.8. The van der Waals surface area contributed by atoms with Gasteiger partial charge in [0.1, 0.15) is 0 Å². The Balaban J connectivity index is 0. The van der Waals surface area contributed by atoms with Crippen molar-refractivity contribution in [3.63, 3.8) is 0 Å². The third-order valence-electron chi connectivity index (χ3n) is 3.82. The molecule has 1 saturated heterocycles. The standard InChI is InChI=1S/C11H18NSi.C5H5.2FH.Hf/c1-13(2,11-7-3-4-8-11)12-9-5-6-10-12;1-2-4-5-3-1;;;/h3-4,7-8H,5-6,9-10H2,1-2H3;1-5H;2*1H;/q2*-1;;;+4/p-2. The van der Waals surface area contributed by atoms with E-state index in [1.807, 2.05) is 30.3 Å². The average Bonchev–Trinajstić information content (AvgIpc) is 3.14. The van der Waals surface area contributed by atoms with E-state index in [9.17, 15) is 0 Å². The third-order valence-corrected chi connectivity index (χ3v) is 7.60. The predicted octanol–water partition coefficient (Wildman–Crippen LogP) is -2.68. The van der Waals surface area contributed by atoms with Gasteiger partial charge in [-0.3, -0.25) is 0 Å². The van der Waals surface area contributed by atoms with Gasteiger partial charge in [-0.15, -0.1) is 5.19 Å². The van der Waals surface area contributed by atoms with E-state index in [0.717, 1.165) is 0 Å². The van der Waals surface area contributed by atoms with Crippen LogP contribution in [0.3, 0.4) is 0 Å². The Morgan fingerprint density at radius 3 is 1.76 bits per heavy atom. The molecule has 0 N–H and O–H groups in total. The molecular formula is C16H23F2HfNSi. The second-order valence-electron chi connectivity index (χ2n) is 5.39. The van der Waals surface area contributed by atoms with Crippen LogP contribution in [0, 0.1) is 0 Å². The fourth-order valence-corrected chi connectivity index (χ4v) is 5.37. The zero-order valence-electron chi connectivity index (χ0n) is 12.7.